The van der Waals surface area contributed by atoms with Crippen LogP contribution in [0.4, 0.5) is 5.82 Å². The molecular weight excluding hydrogens is 240 g/mol. The minimum absolute atomic E-state index is 0.311. The molecule has 0 saturated carbocycles. The molecule has 106 valence electrons. The van der Waals surface area contributed by atoms with Gasteiger partial charge in [-0.05, 0) is 24.5 Å². The molecule has 0 fully saturated rings. The largest absolute Gasteiger partial charge is 0.478 e. The van der Waals surface area contributed by atoms with E-state index in [9.17, 15) is 4.79 Å². The lowest BCUT2D eigenvalue weighted by Crippen LogP contribution is -2.14. The zero-order chi connectivity index (χ0) is 14.3. The predicted molar refractivity (Wildman–Crippen MR) is 77.8 cm³/mol. The second-order valence-corrected chi connectivity index (χ2v) is 4.85. The van der Waals surface area contributed by atoms with E-state index in [4.69, 9.17) is 5.11 Å². The van der Waals surface area contributed by atoms with Gasteiger partial charge in [0.1, 0.15) is 5.82 Å². The minimum Gasteiger partial charge on any atom is -0.478 e. The average molecular weight is 264 g/mol. The van der Waals surface area contributed by atoms with Gasteiger partial charge in [0.2, 0.25) is 0 Å². The third kappa shape index (κ3) is 4.89. The molecule has 0 bridgehead atoms. The zero-order valence-electron chi connectivity index (χ0n) is 12.1. The molecule has 4 heteroatoms. The Morgan fingerprint density at radius 1 is 1.32 bits per heavy atom. The number of nitrogens with one attached hydrogen (secondary N) is 1. The molecule has 2 N–H and O–H groups in total. The molecule has 0 aromatic carbocycles. The highest BCUT2D eigenvalue weighted by Gasteiger charge is 2.09. The van der Waals surface area contributed by atoms with Crippen molar-refractivity contribution in [2.45, 2.75) is 46.5 Å². The minimum atomic E-state index is -0.898. The van der Waals surface area contributed by atoms with Gasteiger partial charge in [-0.25, -0.2) is 9.78 Å². The Hall–Kier alpha value is -1.58. The van der Waals surface area contributed by atoms with Crippen LogP contribution >= 0.6 is 0 Å². The summed E-state index contributed by atoms with van der Waals surface area (Å²) in [6.07, 6.45) is 4.00. The van der Waals surface area contributed by atoms with Crippen molar-refractivity contribution < 1.29 is 9.90 Å². The summed E-state index contributed by atoms with van der Waals surface area (Å²) < 4.78 is 0. The molecule has 0 amide bonds. The van der Waals surface area contributed by atoms with E-state index in [2.05, 4.69) is 31.1 Å². The molecule has 1 rings (SSSR count). The Balaban J connectivity index is 2.83. The van der Waals surface area contributed by atoms with E-state index >= 15 is 0 Å². The number of rotatable bonds is 8. The lowest BCUT2D eigenvalue weighted by molar-refractivity contribution is 0.0696. The maximum Gasteiger partial charge on any atom is 0.335 e. The fraction of sp³-hybridized carbons (Fsp3) is 0.600. The SMILES string of the molecule is CCCc1cc(C(=O)O)cc(NCC(CC)CC)n1. The Labute approximate surface area is 115 Å². The predicted octanol–water partition coefficient (Wildman–Crippen LogP) is 3.58. The van der Waals surface area contributed by atoms with Crippen LogP contribution in [-0.2, 0) is 6.42 Å². The molecule has 0 aliphatic heterocycles. The first-order valence-corrected chi connectivity index (χ1v) is 7.08. The van der Waals surface area contributed by atoms with Crippen LogP contribution in [0.15, 0.2) is 12.1 Å². The molecule has 0 atom stereocenters. The molecular formula is C15H24N2O2. The number of anilines is 1. The number of aryl methyl sites for hydroxylation is 1. The van der Waals surface area contributed by atoms with Crippen LogP contribution in [-0.4, -0.2) is 22.6 Å². The molecule has 0 aliphatic carbocycles. The number of carboxylic acid groups (broad SMARTS) is 1. The molecule has 1 aromatic heterocycles. The third-order valence-electron chi connectivity index (χ3n) is 3.36. The number of aromatic nitrogens is 1. The lowest BCUT2D eigenvalue weighted by atomic mass is 10.0. The van der Waals surface area contributed by atoms with E-state index < -0.39 is 5.97 Å². The molecule has 0 unspecified atom stereocenters. The van der Waals surface area contributed by atoms with Gasteiger partial charge in [-0.2, -0.15) is 0 Å². The van der Waals surface area contributed by atoms with Gasteiger partial charge in [0.15, 0.2) is 0 Å². The van der Waals surface area contributed by atoms with Crippen LogP contribution in [0.3, 0.4) is 0 Å². The second kappa shape index (κ2) is 7.77. The van der Waals surface area contributed by atoms with Gasteiger partial charge in [-0.3, -0.25) is 0 Å². The molecule has 1 aromatic rings. The third-order valence-corrected chi connectivity index (χ3v) is 3.36. The van der Waals surface area contributed by atoms with Gasteiger partial charge < -0.3 is 10.4 Å². The van der Waals surface area contributed by atoms with Crippen LogP contribution in [0.1, 0.15) is 56.1 Å². The van der Waals surface area contributed by atoms with Crippen molar-refractivity contribution in [3.05, 3.63) is 23.4 Å². The first-order valence-electron chi connectivity index (χ1n) is 7.08. The van der Waals surface area contributed by atoms with Gasteiger partial charge in [0.05, 0.1) is 5.56 Å². The highest BCUT2D eigenvalue weighted by Crippen LogP contribution is 2.14. The van der Waals surface area contributed by atoms with Crippen molar-refractivity contribution in [2.75, 3.05) is 11.9 Å². The van der Waals surface area contributed by atoms with Crippen LogP contribution in [0.25, 0.3) is 0 Å². The number of aromatic carboxylic acids is 1. The van der Waals surface area contributed by atoms with Crippen molar-refractivity contribution in [3.8, 4) is 0 Å². The molecule has 19 heavy (non-hydrogen) atoms. The zero-order valence-corrected chi connectivity index (χ0v) is 12.1. The molecule has 0 aliphatic rings. The highest BCUT2D eigenvalue weighted by molar-refractivity contribution is 5.88. The van der Waals surface area contributed by atoms with E-state index in [0.29, 0.717) is 17.3 Å². The summed E-state index contributed by atoms with van der Waals surface area (Å²) in [4.78, 5) is 15.6. The smallest absolute Gasteiger partial charge is 0.335 e. The normalized spacial score (nSPS) is 10.7. The first kappa shape index (κ1) is 15.5. The van der Waals surface area contributed by atoms with Crippen molar-refractivity contribution >= 4 is 11.8 Å². The standard InChI is InChI=1S/C15H24N2O2/c1-4-7-13-8-12(15(18)19)9-14(17-13)16-10-11(5-2)6-3/h8-9,11H,4-7,10H2,1-3H3,(H,16,17)(H,18,19). The molecule has 4 nitrogen and oxygen atoms in total. The van der Waals surface area contributed by atoms with Crippen molar-refractivity contribution in [1.82, 2.24) is 4.98 Å². The number of hydrogen-bond acceptors (Lipinski definition) is 3. The Morgan fingerprint density at radius 3 is 2.53 bits per heavy atom. The van der Waals surface area contributed by atoms with Gasteiger partial charge in [-0.15, -0.1) is 0 Å². The Morgan fingerprint density at radius 2 is 2.00 bits per heavy atom. The fourth-order valence-corrected chi connectivity index (χ4v) is 2.01. The Kier molecular flexibility index (Phi) is 6.33. The van der Waals surface area contributed by atoms with Gasteiger partial charge in [-0.1, -0.05) is 40.0 Å². The molecule has 0 spiro atoms. The van der Waals surface area contributed by atoms with Crippen molar-refractivity contribution in [3.63, 3.8) is 0 Å². The summed E-state index contributed by atoms with van der Waals surface area (Å²) in [6.45, 7) is 7.24. The first-order chi connectivity index (χ1) is 9.10. The van der Waals surface area contributed by atoms with E-state index in [1.807, 2.05) is 0 Å². The highest BCUT2D eigenvalue weighted by atomic mass is 16.4. The monoisotopic (exact) mass is 264 g/mol. The average Bonchev–Trinajstić information content (AvgIpc) is 2.40. The van der Waals surface area contributed by atoms with Crippen LogP contribution in [0, 0.1) is 5.92 Å². The summed E-state index contributed by atoms with van der Waals surface area (Å²) in [5.41, 5.74) is 1.15. The van der Waals surface area contributed by atoms with Crippen LogP contribution in [0.2, 0.25) is 0 Å². The topological polar surface area (TPSA) is 62.2 Å². The fourth-order valence-electron chi connectivity index (χ4n) is 2.01. The van der Waals surface area contributed by atoms with E-state index in [1.54, 1.807) is 12.1 Å². The molecule has 0 radical (unpaired) electrons. The van der Waals surface area contributed by atoms with E-state index in [-0.39, 0.29) is 0 Å². The van der Waals surface area contributed by atoms with E-state index in [1.165, 1.54) is 0 Å². The number of nitrogens with zero attached hydrogens (tertiary/aromatic N) is 1. The van der Waals surface area contributed by atoms with Crippen LogP contribution in [0.5, 0.6) is 0 Å². The number of pyridine rings is 1. The van der Waals surface area contributed by atoms with Gasteiger partial charge in [0, 0.05) is 12.2 Å². The molecule has 1 heterocycles. The Bertz CT molecular complexity index is 415. The number of carbonyl (C=O) groups is 1. The number of carboxylic acids is 1. The summed E-state index contributed by atoms with van der Waals surface area (Å²) >= 11 is 0. The van der Waals surface area contributed by atoms with E-state index in [0.717, 1.165) is 37.9 Å². The summed E-state index contributed by atoms with van der Waals surface area (Å²) in [5, 5.41) is 12.4. The number of hydrogen-bond donors (Lipinski definition) is 2. The lowest BCUT2D eigenvalue weighted by Gasteiger charge is -2.14. The van der Waals surface area contributed by atoms with Crippen LogP contribution < -0.4 is 5.32 Å². The summed E-state index contributed by atoms with van der Waals surface area (Å²) in [5.74, 6) is 0.380. The summed E-state index contributed by atoms with van der Waals surface area (Å²) in [6, 6.07) is 3.28. The quantitative estimate of drug-likeness (QED) is 0.753. The second-order valence-electron chi connectivity index (χ2n) is 4.85. The van der Waals surface area contributed by atoms with Gasteiger partial charge >= 0.3 is 5.97 Å². The maximum atomic E-state index is 11.1. The maximum absolute atomic E-state index is 11.1. The summed E-state index contributed by atoms with van der Waals surface area (Å²) in [7, 11) is 0. The van der Waals surface area contributed by atoms with Crippen molar-refractivity contribution in [1.29, 1.82) is 0 Å². The van der Waals surface area contributed by atoms with Gasteiger partial charge in [0.25, 0.3) is 0 Å². The molecule has 0 saturated heterocycles. The van der Waals surface area contributed by atoms with Crippen molar-refractivity contribution in [2.24, 2.45) is 5.92 Å².